The number of nitrogens with one attached hydrogen (secondary N) is 1. The molecule has 1 atom stereocenters. The zero-order chi connectivity index (χ0) is 19.9. The Kier molecular flexibility index (Phi) is 6.74. The first-order valence-corrected chi connectivity index (χ1v) is 9.68. The molecule has 0 radical (unpaired) electrons. The zero-order valence-electron chi connectivity index (χ0n) is 15.2. The van der Waals surface area contributed by atoms with E-state index in [4.69, 9.17) is 15.9 Å². The summed E-state index contributed by atoms with van der Waals surface area (Å²) in [4.78, 5) is 37.9. The van der Waals surface area contributed by atoms with Crippen molar-refractivity contribution in [2.45, 2.75) is 18.9 Å². The Hall–Kier alpha value is -2.76. The van der Waals surface area contributed by atoms with Crippen molar-refractivity contribution in [3.63, 3.8) is 0 Å². The Bertz CT molecular complexity index is 822. The fourth-order valence-electron chi connectivity index (χ4n) is 2.81. The van der Waals surface area contributed by atoms with Crippen LogP contribution in [0.25, 0.3) is 6.08 Å². The van der Waals surface area contributed by atoms with Gasteiger partial charge in [-0.05, 0) is 48.4 Å². The van der Waals surface area contributed by atoms with Crippen molar-refractivity contribution in [3.8, 4) is 18.1 Å². The third-order valence-corrected chi connectivity index (χ3v) is 5.13. The molecule has 2 aliphatic rings. The number of terminal acetylenes is 1. The standard InChI is InChI=1S/C20H20N2O5S/c1-2-9-26-15-7-5-14(6-8-15)11-17-19(24)22(20(25)28-17)13-18(23)21-12-16-4-3-10-27-16/h1,5-8,11,16H,3-4,9-10,12-13H2,(H,21,23)/b17-11-/t16-/m0/s1. The van der Waals surface area contributed by atoms with Crippen LogP contribution in [0.2, 0.25) is 0 Å². The molecule has 2 aliphatic heterocycles. The number of amides is 3. The van der Waals surface area contributed by atoms with E-state index in [0.717, 1.165) is 35.1 Å². The summed E-state index contributed by atoms with van der Waals surface area (Å²) < 4.78 is 10.7. The molecule has 1 N–H and O–H groups in total. The highest BCUT2D eigenvalue weighted by Gasteiger charge is 2.36. The lowest BCUT2D eigenvalue weighted by Gasteiger charge is -2.14. The molecule has 1 aromatic carbocycles. The number of thioether (sulfide) groups is 1. The SMILES string of the molecule is C#CCOc1ccc(/C=C2\SC(=O)N(CC(=O)NC[C@@H]3CCCO3)C2=O)cc1. The van der Waals surface area contributed by atoms with Gasteiger partial charge < -0.3 is 14.8 Å². The van der Waals surface area contributed by atoms with Gasteiger partial charge >= 0.3 is 0 Å². The fourth-order valence-corrected chi connectivity index (χ4v) is 3.64. The van der Waals surface area contributed by atoms with E-state index in [1.165, 1.54) is 0 Å². The summed E-state index contributed by atoms with van der Waals surface area (Å²) in [6, 6.07) is 6.97. The molecule has 8 heteroatoms. The van der Waals surface area contributed by atoms with E-state index in [0.29, 0.717) is 18.9 Å². The number of nitrogens with zero attached hydrogens (tertiary/aromatic N) is 1. The maximum Gasteiger partial charge on any atom is 0.294 e. The molecule has 3 rings (SSSR count). The molecular weight excluding hydrogens is 380 g/mol. The molecule has 28 heavy (non-hydrogen) atoms. The number of hydrogen-bond donors (Lipinski definition) is 1. The van der Waals surface area contributed by atoms with E-state index in [1.54, 1.807) is 30.3 Å². The van der Waals surface area contributed by atoms with Gasteiger partial charge in [-0.15, -0.1) is 6.42 Å². The van der Waals surface area contributed by atoms with Crippen molar-refractivity contribution in [2.75, 3.05) is 26.3 Å². The maximum absolute atomic E-state index is 12.5. The van der Waals surface area contributed by atoms with Gasteiger partial charge in [-0.3, -0.25) is 19.3 Å². The Morgan fingerprint density at radius 2 is 2.18 bits per heavy atom. The monoisotopic (exact) mass is 400 g/mol. The average molecular weight is 400 g/mol. The van der Waals surface area contributed by atoms with Crippen molar-refractivity contribution in [3.05, 3.63) is 34.7 Å². The topological polar surface area (TPSA) is 84.9 Å². The van der Waals surface area contributed by atoms with Gasteiger partial charge in [0.25, 0.3) is 11.1 Å². The van der Waals surface area contributed by atoms with Gasteiger partial charge in [-0.2, -0.15) is 0 Å². The number of carbonyl (C=O) groups excluding carboxylic acids is 3. The van der Waals surface area contributed by atoms with Crippen molar-refractivity contribution >= 4 is 34.9 Å². The normalized spacial score (nSPS) is 20.5. The third-order valence-electron chi connectivity index (χ3n) is 4.23. The summed E-state index contributed by atoms with van der Waals surface area (Å²) in [5.41, 5.74) is 0.737. The summed E-state index contributed by atoms with van der Waals surface area (Å²) in [5, 5.41) is 2.25. The van der Waals surface area contributed by atoms with Crippen LogP contribution in [0.15, 0.2) is 29.2 Å². The molecule has 0 unspecified atom stereocenters. The Labute approximate surface area is 167 Å². The van der Waals surface area contributed by atoms with Crippen LogP contribution in [0.4, 0.5) is 4.79 Å². The predicted molar refractivity (Wildman–Crippen MR) is 105 cm³/mol. The van der Waals surface area contributed by atoms with Crippen LogP contribution >= 0.6 is 11.8 Å². The minimum absolute atomic E-state index is 0.00588. The smallest absolute Gasteiger partial charge is 0.294 e. The zero-order valence-corrected chi connectivity index (χ0v) is 16.0. The maximum atomic E-state index is 12.5. The summed E-state index contributed by atoms with van der Waals surface area (Å²) in [5.74, 6) is 2.14. The largest absolute Gasteiger partial charge is 0.481 e. The minimum atomic E-state index is -0.477. The highest BCUT2D eigenvalue weighted by molar-refractivity contribution is 8.18. The molecule has 7 nitrogen and oxygen atoms in total. The van der Waals surface area contributed by atoms with Gasteiger partial charge in [0.05, 0.1) is 11.0 Å². The van der Waals surface area contributed by atoms with Crippen LogP contribution < -0.4 is 10.1 Å². The van der Waals surface area contributed by atoms with Crippen molar-refractivity contribution < 1.29 is 23.9 Å². The molecule has 2 saturated heterocycles. The summed E-state index contributed by atoms with van der Waals surface area (Å²) in [6.45, 7) is 0.963. The molecule has 0 bridgehead atoms. The second-order valence-electron chi connectivity index (χ2n) is 6.27. The Morgan fingerprint density at radius 1 is 1.39 bits per heavy atom. The second kappa shape index (κ2) is 9.44. The van der Waals surface area contributed by atoms with Crippen LogP contribution in [-0.2, 0) is 14.3 Å². The molecule has 0 spiro atoms. The van der Waals surface area contributed by atoms with E-state index < -0.39 is 11.1 Å². The molecule has 0 saturated carbocycles. The highest BCUT2D eigenvalue weighted by atomic mass is 32.2. The quantitative estimate of drug-likeness (QED) is 0.557. The van der Waals surface area contributed by atoms with Crippen LogP contribution in [0.3, 0.4) is 0 Å². The summed E-state index contributed by atoms with van der Waals surface area (Å²) in [6.07, 6.45) is 8.64. The highest BCUT2D eigenvalue weighted by Crippen LogP contribution is 2.32. The predicted octanol–water partition coefficient (Wildman–Crippen LogP) is 2.03. The summed E-state index contributed by atoms with van der Waals surface area (Å²) >= 11 is 0.816. The molecule has 2 fully saturated rings. The minimum Gasteiger partial charge on any atom is -0.481 e. The van der Waals surface area contributed by atoms with Crippen molar-refractivity contribution in [2.24, 2.45) is 0 Å². The molecule has 146 valence electrons. The lowest BCUT2D eigenvalue weighted by atomic mass is 10.2. The Balaban J connectivity index is 1.57. The van der Waals surface area contributed by atoms with Crippen molar-refractivity contribution in [1.82, 2.24) is 10.2 Å². The Morgan fingerprint density at radius 3 is 2.86 bits per heavy atom. The van der Waals surface area contributed by atoms with Gasteiger partial charge in [-0.25, -0.2) is 0 Å². The van der Waals surface area contributed by atoms with E-state index in [1.807, 2.05) is 0 Å². The van der Waals surface area contributed by atoms with Crippen LogP contribution in [0.1, 0.15) is 18.4 Å². The van der Waals surface area contributed by atoms with E-state index in [9.17, 15) is 14.4 Å². The third kappa shape index (κ3) is 5.15. The lowest BCUT2D eigenvalue weighted by molar-refractivity contribution is -0.129. The average Bonchev–Trinajstić information content (AvgIpc) is 3.30. The molecule has 1 aromatic rings. The first-order chi connectivity index (χ1) is 13.6. The van der Waals surface area contributed by atoms with Gasteiger partial charge in [-0.1, -0.05) is 18.1 Å². The molecule has 0 aromatic heterocycles. The first kappa shape index (κ1) is 20.0. The van der Waals surface area contributed by atoms with Gasteiger partial charge in [0, 0.05) is 13.2 Å². The van der Waals surface area contributed by atoms with Crippen LogP contribution in [0, 0.1) is 12.3 Å². The van der Waals surface area contributed by atoms with Gasteiger partial charge in [0.1, 0.15) is 18.9 Å². The first-order valence-electron chi connectivity index (χ1n) is 8.87. The van der Waals surface area contributed by atoms with E-state index in [2.05, 4.69) is 11.2 Å². The number of rotatable bonds is 7. The van der Waals surface area contributed by atoms with Crippen LogP contribution in [0.5, 0.6) is 5.75 Å². The van der Waals surface area contributed by atoms with Crippen LogP contribution in [-0.4, -0.2) is 54.4 Å². The van der Waals surface area contributed by atoms with Gasteiger partial charge in [0.15, 0.2) is 0 Å². The molecule has 0 aliphatic carbocycles. The molecule has 2 heterocycles. The number of hydrogen-bond acceptors (Lipinski definition) is 6. The summed E-state index contributed by atoms with van der Waals surface area (Å²) in [7, 11) is 0. The second-order valence-corrected chi connectivity index (χ2v) is 7.26. The lowest BCUT2D eigenvalue weighted by Crippen LogP contribution is -2.41. The van der Waals surface area contributed by atoms with Crippen molar-refractivity contribution in [1.29, 1.82) is 0 Å². The number of ether oxygens (including phenoxy) is 2. The molecular formula is C20H20N2O5S. The van der Waals surface area contributed by atoms with Gasteiger partial charge in [0.2, 0.25) is 5.91 Å². The number of carbonyl (C=O) groups is 3. The van der Waals surface area contributed by atoms with E-state index in [-0.39, 0.29) is 30.1 Å². The van der Waals surface area contributed by atoms with E-state index >= 15 is 0 Å². The number of benzene rings is 1. The number of imide groups is 1. The fraction of sp³-hybridized carbons (Fsp3) is 0.350. The molecule has 3 amide bonds.